The van der Waals surface area contributed by atoms with Gasteiger partial charge in [-0.1, -0.05) is 19.8 Å². The Hall–Kier alpha value is -1.10. The number of aryl methyl sites for hydroxylation is 1. The number of guanidine groups is 1. The van der Waals surface area contributed by atoms with Crippen molar-refractivity contribution in [3.8, 4) is 0 Å². The largest absolute Gasteiger partial charge is 0.357 e. The average Bonchev–Trinajstić information content (AvgIpc) is 3.29. The Morgan fingerprint density at radius 2 is 2.17 bits per heavy atom. The molecule has 0 radical (unpaired) electrons. The molecule has 1 aromatic rings. The van der Waals surface area contributed by atoms with E-state index in [2.05, 4.69) is 34.4 Å². The van der Waals surface area contributed by atoms with Gasteiger partial charge in [0.25, 0.3) is 0 Å². The standard InChI is InChI=1S/C18H30N4S/c1-3-16-21-15(13-23-16)7-11-20-17(19-4-2)22-12-10-18(14-22)8-5-6-9-18/h13H,3-12,14H2,1-2H3,(H,19,20). The molecule has 1 N–H and O–H groups in total. The minimum absolute atomic E-state index is 0.598. The zero-order valence-electron chi connectivity index (χ0n) is 14.6. The second kappa shape index (κ2) is 7.65. The summed E-state index contributed by atoms with van der Waals surface area (Å²) in [7, 11) is 0. The molecule has 23 heavy (non-hydrogen) atoms. The molecule has 5 heteroatoms. The number of nitrogens with one attached hydrogen (secondary N) is 1. The molecule has 2 aliphatic rings. The van der Waals surface area contributed by atoms with Gasteiger partial charge in [-0.3, -0.25) is 4.99 Å². The van der Waals surface area contributed by atoms with Gasteiger partial charge in [-0.15, -0.1) is 11.3 Å². The smallest absolute Gasteiger partial charge is 0.193 e. The van der Waals surface area contributed by atoms with Crippen LogP contribution in [0.25, 0.3) is 0 Å². The van der Waals surface area contributed by atoms with Crippen LogP contribution in [-0.2, 0) is 12.8 Å². The van der Waals surface area contributed by atoms with Crippen LogP contribution in [0.1, 0.15) is 56.7 Å². The second-order valence-corrected chi connectivity index (χ2v) is 7.89. The minimum atomic E-state index is 0.598. The van der Waals surface area contributed by atoms with Gasteiger partial charge < -0.3 is 10.2 Å². The molecule has 0 amide bonds. The molecule has 2 fully saturated rings. The van der Waals surface area contributed by atoms with Gasteiger partial charge in [-0.05, 0) is 38.0 Å². The van der Waals surface area contributed by atoms with Crippen LogP contribution < -0.4 is 5.32 Å². The predicted octanol–water partition coefficient (Wildman–Crippen LogP) is 3.48. The molecule has 128 valence electrons. The molecule has 0 bridgehead atoms. The third-order valence-corrected chi connectivity index (χ3v) is 6.31. The fourth-order valence-corrected chi connectivity index (χ4v) is 4.76. The Labute approximate surface area is 144 Å². The van der Waals surface area contributed by atoms with E-state index in [1.54, 1.807) is 11.3 Å². The van der Waals surface area contributed by atoms with E-state index in [0.717, 1.165) is 31.9 Å². The maximum atomic E-state index is 4.88. The van der Waals surface area contributed by atoms with E-state index in [4.69, 9.17) is 4.99 Å². The van der Waals surface area contributed by atoms with E-state index in [1.165, 1.54) is 55.9 Å². The molecule has 1 spiro atoms. The number of likely N-dealkylation sites (tertiary alicyclic amines) is 1. The van der Waals surface area contributed by atoms with Crippen LogP contribution in [0.2, 0.25) is 0 Å². The fourth-order valence-electron chi connectivity index (χ4n) is 3.98. The number of hydrogen-bond acceptors (Lipinski definition) is 3. The van der Waals surface area contributed by atoms with Gasteiger partial charge >= 0.3 is 0 Å². The highest BCUT2D eigenvalue weighted by Crippen LogP contribution is 2.45. The lowest BCUT2D eigenvalue weighted by atomic mass is 9.86. The first-order chi connectivity index (χ1) is 11.2. The summed E-state index contributed by atoms with van der Waals surface area (Å²) in [6.45, 7) is 8.47. The van der Waals surface area contributed by atoms with Crippen molar-refractivity contribution in [3.05, 3.63) is 16.1 Å². The van der Waals surface area contributed by atoms with E-state index >= 15 is 0 Å². The van der Waals surface area contributed by atoms with Crippen molar-refractivity contribution in [1.82, 2.24) is 15.2 Å². The molecule has 1 saturated carbocycles. The maximum Gasteiger partial charge on any atom is 0.193 e. The first-order valence-electron chi connectivity index (χ1n) is 9.21. The van der Waals surface area contributed by atoms with Crippen molar-refractivity contribution in [1.29, 1.82) is 0 Å². The van der Waals surface area contributed by atoms with E-state index in [-0.39, 0.29) is 0 Å². The summed E-state index contributed by atoms with van der Waals surface area (Å²) in [6, 6.07) is 0. The second-order valence-electron chi connectivity index (χ2n) is 6.95. The van der Waals surface area contributed by atoms with Gasteiger partial charge in [0.1, 0.15) is 0 Å². The van der Waals surface area contributed by atoms with Gasteiger partial charge in [-0.2, -0.15) is 0 Å². The molecule has 3 rings (SSSR count). The summed E-state index contributed by atoms with van der Waals surface area (Å²) in [4.78, 5) is 12.0. The van der Waals surface area contributed by atoms with Gasteiger partial charge in [0.05, 0.1) is 10.7 Å². The summed E-state index contributed by atoms with van der Waals surface area (Å²) < 4.78 is 0. The van der Waals surface area contributed by atoms with Crippen LogP contribution in [0.4, 0.5) is 0 Å². The van der Waals surface area contributed by atoms with E-state index in [0.29, 0.717) is 5.41 Å². The van der Waals surface area contributed by atoms with Crippen LogP contribution >= 0.6 is 11.3 Å². The number of nitrogens with zero attached hydrogens (tertiary/aromatic N) is 3. The van der Waals surface area contributed by atoms with E-state index < -0.39 is 0 Å². The number of aliphatic imine (C=N–C) groups is 1. The normalized spacial score (nSPS) is 20.6. The topological polar surface area (TPSA) is 40.5 Å². The summed E-state index contributed by atoms with van der Waals surface area (Å²) in [5.74, 6) is 1.11. The maximum absolute atomic E-state index is 4.88. The molecule has 1 aliphatic carbocycles. The van der Waals surface area contributed by atoms with E-state index in [1.807, 2.05) is 0 Å². The monoisotopic (exact) mass is 334 g/mol. The molecule has 0 aromatic carbocycles. The van der Waals surface area contributed by atoms with Gasteiger partial charge in [0.15, 0.2) is 5.96 Å². The zero-order chi connectivity index (χ0) is 16.1. The Morgan fingerprint density at radius 1 is 1.35 bits per heavy atom. The van der Waals surface area contributed by atoms with Crippen molar-refractivity contribution in [2.75, 3.05) is 26.2 Å². The lowest BCUT2D eigenvalue weighted by Crippen LogP contribution is -2.41. The molecule has 0 atom stereocenters. The summed E-state index contributed by atoms with van der Waals surface area (Å²) in [5, 5.41) is 6.91. The Morgan fingerprint density at radius 3 is 2.87 bits per heavy atom. The lowest BCUT2D eigenvalue weighted by molar-refractivity contribution is 0.309. The van der Waals surface area contributed by atoms with Crippen LogP contribution in [0.5, 0.6) is 0 Å². The predicted molar refractivity (Wildman–Crippen MR) is 98.3 cm³/mol. The van der Waals surface area contributed by atoms with Crippen molar-refractivity contribution in [3.63, 3.8) is 0 Å². The van der Waals surface area contributed by atoms with Gasteiger partial charge in [-0.25, -0.2) is 4.98 Å². The minimum Gasteiger partial charge on any atom is -0.357 e. The number of thiazole rings is 1. The average molecular weight is 335 g/mol. The third-order valence-electron chi connectivity index (χ3n) is 5.27. The first-order valence-corrected chi connectivity index (χ1v) is 10.1. The number of hydrogen-bond donors (Lipinski definition) is 1. The van der Waals surface area contributed by atoms with Crippen LogP contribution in [0, 0.1) is 5.41 Å². The third kappa shape index (κ3) is 4.06. The Balaban J connectivity index is 1.57. The molecule has 1 saturated heterocycles. The molecular weight excluding hydrogens is 304 g/mol. The lowest BCUT2D eigenvalue weighted by Gasteiger charge is -2.25. The van der Waals surface area contributed by atoms with Crippen LogP contribution in [0.15, 0.2) is 10.4 Å². The van der Waals surface area contributed by atoms with Gasteiger partial charge in [0.2, 0.25) is 0 Å². The molecule has 2 heterocycles. The molecule has 1 aliphatic heterocycles. The van der Waals surface area contributed by atoms with E-state index in [9.17, 15) is 0 Å². The van der Waals surface area contributed by atoms with Crippen LogP contribution in [0.3, 0.4) is 0 Å². The first kappa shape index (κ1) is 16.7. The highest BCUT2D eigenvalue weighted by atomic mass is 32.1. The molecule has 4 nitrogen and oxygen atoms in total. The van der Waals surface area contributed by atoms with Gasteiger partial charge in [0, 0.05) is 38.0 Å². The van der Waals surface area contributed by atoms with Crippen molar-refractivity contribution in [2.45, 2.75) is 58.8 Å². The Kier molecular flexibility index (Phi) is 5.57. The van der Waals surface area contributed by atoms with Crippen LogP contribution in [-0.4, -0.2) is 42.0 Å². The van der Waals surface area contributed by atoms with Crippen molar-refractivity contribution in [2.24, 2.45) is 10.4 Å². The van der Waals surface area contributed by atoms with Crippen molar-refractivity contribution < 1.29 is 0 Å². The molecule has 1 aromatic heterocycles. The van der Waals surface area contributed by atoms with Crippen molar-refractivity contribution >= 4 is 17.3 Å². The molecular formula is C18H30N4S. The fraction of sp³-hybridized carbons (Fsp3) is 0.778. The highest BCUT2D eigenvalue weighted by molar-refractivity contribution is 7.09. The zero-order valence-corrected chi connectivity index (χ0v) is 15.4. The Bertz CT molecular complexity index is 531. The number of aromatic nitrogens is 1. The highest BCUT2D eigenvalue weighted by Gasteiger charge is 2.41. The number of rotatable bonds is 5. The SMILES string of the molecule is CCNC(=NCCc1csc(CC)n1)N1CCC2(CCCC2)C1. The quantitative estimate of drug-likeness (QED) is 0.662. The summed E-state index contributed by atoms with van der Waals surface area (Å²) in [6.07, 6.45) is 9.01. The summed E-state index contributed by atoms with van der Waals surface area (Å²) in [5.41, 5.74) is 1.79. The molecule has 0 unspecified atom stereocenters. The summed E-state index contributed by atoms with van der Waals surface area (Å²) >= 11 is 1.77.